The van der Waals surface area contributed by atoms with Crippen molar-refractivity contribution < 1.29 is 14.6 Å². The van der Waals surface area contributed by atoms with Crippen LogP contribution in [0.25, 0.3) is 0 Å². The Labute approximate surface area is 99.0 Å². The van der Waals surface area contributed by atoms with Crippen molar-refractivity contribution in [3.8, 4) is 0 Å². The molecule has 92 valence electrons. The van der Waals surface area contributed by atoms with Crippen molar-refractivity contribution in [1.82, 2.24) is 9.97 Å². The molecule has 0 aromatic carbocycles. The van der Waals surface area contributed by atoms with E-state index in [0.717, 1.165) is 19.3 Å². The van der Waals surface area contributed by atoms with Crippen molar-refractivity contribution in [2.75, 3.05) is 12.4 Å². The zero-order valence-electron chi connectivity index (χ0n) is 9.59. The number of ether oxygens (including phenoxy) is 1. The predicted molar refractivity (Wildman–Crippen MR) is 61.1 cm³/mol. The summed E-state index contributed by atoms with van der Waals surface area (Å²) >= 11 is 0. The Hall–Kier alpha value is -1.69. The second-order valence-electron chi connectivity index (χ2n) is 4.05. The van der Waals surface area contributed by atoms with Crippen LogP contribution in [-0.2, 0) is 4.74 Å². The summed E-state index contributed by atoms with van der Waals surface area (Å²) in [4.78, 5) is 18.6. The van der Waals surface area contributed by atoms with Crippen LogP contribution in [0.3, 0.4) is 0 Å². The molecule has 0 aliphatic heterocycles. The number of hydrogen-bond donors (Lipinski definition) is 2. The quantitative estimate of drug-likeness (QED) is 0.817. The molecule has 1 aliphatic carbocycles. The van der Waals surface area contributed by atoms with Crippen LogP contribution in [0.15, 0.2) is 12.4 Å². The number of hydrogen-bond acceptors (Lipinski definition) is 5. The van der Waals surface area contributed by atoms with E-state index in [4.69, 9.17) is 9.84 Å². The van der Waals surface area contributed by atoms with E-state index in [9.17, 15) is 4.79 Å². The summed E-state index contributed by atoms with van der Waals surface area (Å²) in [7, 11) is 1.68. The molecule has 0 radical (unpaired) electrons. The van der Waals surface area contributed by atoms with Crippen LogP contribution < -0.4 is 5.32 Å². The van der Waals surface area contributed by atoms with Gasteiger partial charge in [-0.05, 0) is 19.3 Å². The first-order valence-electron chi connectivity index (χ1n) is 5.55. The third-order valence-corrected chi connectivity index (χ3v) is 2.94. The second kappa shape index (κ2) is 5.09. The van der Waals surface area contributed by atoms with Crippen LogP contribution in [-0.4, -0.2) is 40.3 Å². The Bertz CT molecular complexity index is 411. The number of nitrogens with one attached hydrogen (secondary N) is 1. The maximum absolute atomic E-state index is 10.8. The first kappa shape index (κ1) is 11.8. The molecular formula is C11H15N3O3. The Morgan fingerprint density at radius 1 is 1.53 bits per heavy atom. The molecule has 1 saturated carbocycles. The topological polar surface area (TPSA) is 84.3 Å². The number of rotatable bonds is 4. The molecule has 1 heterocycles. The van der Waals surface area contributed by atoms with E-state index in [0.29, 0.717) is 5.82 Å². The molecular weight excluding hydrogens is 222 g/mol. The average Bonchev–Trinajstić information content (AvgIpc) is 2.76. The maximum Gasteiger partial charge on any atom is 0.356 e. The number of aromatic carboxylic acids is 1. The first-order chi connectivity index (χ1) is 8.20. The van der Waals surface area contributed by atoms with Gasteiger partial charge in [0.05, 0.1) is 24.5 Å². The minimum atomic E-state index is -1.07. The van der Waals surface area contributed by atoms with Gasteiger partial charge in [0.25, 0.3) is 0 Å². The SMILES string of the molecule is COC1CCCC1Nc1cncc(C(=O)O)n1. The van der Waals surface area contributed by atoms with Gasteiger partial charge in [-0.2, -0.15) is 0 Å². The lowest BCUT2D eigenvalue weighted by molar-refractivity contribution is 0.0690. The zero-order valence-corrected chi connectivity index (χ0v) is 9.59. The highest BCUT2D eigenvalue weighted by molar-refractivity contribution is 5.85. The van der Waals surface area contributed by atoms with Gasteiger partial charge in [-0.25, -0.2) is 9.78 Å². The molecule has 1 aromatic heterocycles. The highest BCUT2D eigenvalue weighted by atomic mass is 16.5. The molecule has 1 aliphatic rings. The Morgan fingerprint density at radius 2 is 2.35 bits per heavy atom. The molecule has 0 spiro atoms. The van der Waals surface area contributed by atoms with Crippen LogP contribution in [0.1, 0.15) is 29.8 Å². The molecule has 1 aromatic rings. The van der Waals surface area contributed by atoms with Gasteiger partial charge >= 0.3 is 5.97 Å². The summed E-state index contributed by atoms with van der Waals surface area (Å²) in [6.07, 6.45) is 6.03. The number of carboxylic acid groups (broad SMARTS) is 1. The van der Waals surface area contributed by atoms with Crippen molar-refractivity contribution in [2.45, 2.75) is 31.4 Å². The van der Waals surface area contributed by atoms with E-state index in [-0.39, 0.29) is 17.8 Å². The van der Waals surface area contributed by atoms with Gasteiger partial charge in [0.15, 0.2) is 5.69 Å². The molecule has 6 heteroatoms. The van der Waals surface area contributed by atoms with Gasteiger partial charge < -0.3 is 15.2 Å². The van der Waals surface area contributed by atoms with E-state index < -0.39 is 5.97 Å². The summed E-state index contributed by atoms with van der Waals surface area (Å²) in [5, 5.41) is 12.0. The number of carbonyl (C=O) groups is 1. The summed E-state index contributed by atoms with van der Waals surface area (Å²) in [6.45, 7) is 0. The van der Waals surface area contributed by atoms with Gasteiger partial charge in [-0.1, -0.05) is 0 Å². The summed E-state index contributed by atoms with van der Waals surface area (Å²) in [5.41, 5.74) is -0.0537. The van der Waals surface area contributed by atoms with Crippen molar-refractivity contribution in [2.24, 2.45) is 0 Å². The van der Waals surface area contributed by atoms with Crippen molar-refractivity contribution in [3.05, 3.63) is 18.1 Å². The van der Waals surface area contributed by atoms with Gasteiger partial charge in [-0.15, -0.1) is 0 Å². The lowest BCUT2D eigenvalue weighted by Crippen LogP contribution is -2.30. The largest absolute Gasteiger partial charge is 0.476 e. The summed E-state index contributed by atoms with van der Waals surface area (Å²) < 4.78 is 5.35. The van der Waals surface area contributed by atoms with Crippen LogP contribution in [0, 0.1) is 0 Å². The Balaban J connectivity index is 2.07. The average molecular weight is 237 g/mol. The number of methoxy groups -OCH3 is 1. The Kier molecular flexibility index (Phi) is 3.53. The van der Waals surface area contributed by atoms with Crippen molar-refractivity contribution in [1.29, 1.82) is 0 Å². The summed E-state index contributed by atoms with van der Waals surface area (Å²) in [5.74, 6) is -0.588. The minimum absolute atomic E-state index is 0.0537. The Morgan fingerprint density at radius 3 is 3.06 bits per heavy atom. The normalized spacial score (nSPS) is 23.6. The second-order valence-corrected chi connectivity index (χ2v) is 4.05. The number of carboxylic acids is 1. The highest BCUT2D eigenvalue weighted by Crippen LogP contribution is 2.24. The fraction of sp³-hybridized carbons (Fsp3) is 0.545. The lowest BCUT2D eigenvalue weighted by atomic mass is 10.2. The molecule has 2 rings (SSSR count). The van der Waals surface area contributed by atoms with Gasteiger partial charge in [0, 0.05) is 7.11 Å². The van der Waals surface area contributed by atoms with E-state index in [1.54, 1.807) is 7.11 Å². The minimum Gasteiger partial charge on any atom is -0.476 e. The monoisotopic (exact) mass is 237 g/mol. The van der Waals surface area contributed by atoms with Gasteiger partial charge in [0.2, 0.25) is 0 Å². The third-order valence-electron chi connectivity index (χ3n) is 2.94. The van der Waals surface area contributed by atoms with Crippen LogP contribution in [0.4, 0.5) is 5.82 Å². The molecule has 6 nitrogen and oxygen atoms in total. The first-order valence-corrected chi connectivity index (χ1v) is 5.55. The standard InChI is InChI=1S/C11H15N3O3/c1-17-9-4-2-3-7(9)13-10-6-12-5-8(14-10)11(15)16/h5-7,9H,2-4H2,1H3,(H,13,14)(H,15,16). The van der Waals surface area contributed by atoms with Gasteiger partial charge in [-0.3, -0.25) is 4.98 Å². The fourth-order valence-electron chi connectivity index (χ4n) is 2.10. The van der Waals surface area contributed by atoms with E-state index >= 15 is 0 Å². The molecule has 0 saturated heterocycles. The van der Waals surface area contributed by atoms with Gasteiger partial charge in [0.1, 0.15) is 5.82 Å². The lowest BCUT2D eigenvalue weighted by Gasteiger charge is -2.19. The molecule has 0 bridgehead atoms. The molecule has 2 atom stereocenters. The molecule has 17 heavy (non-hydrogen) atoms. The summed E-state index contributed by atoms with van der Waals surface area (Å²) in [6, 6.07) is 0.179. The molecule has 2 unspecified atom stereocenters. The fourth-order valence-corrected chi connectivity index (χ4v) is 2.10. The number of nitrogens with zero attached hydrogens (tertiary/aromatic N) is 2. The van der Waals surface area contributed by atoms with E-state index in [1.807, 2.05) is 0 Å². The molecule has 0 amide bonds. The predicted octanol–water partition coefficient (Wildman–Crippen LogP) is 1.15. The number of aromatic nitrogens is 2. The van der Waals surface area contributed by atoms with E-state index in [1.165, 1.54) is 12.4 Å². The zero-order chi connectivity index (χ0) is 12.3. The van der Waals surface area contributed by atoms with Crippen LogP contribution >= 0.6 is 0 Å². The molecule has 1 fully saturated rings. The number of anilines is 1. The molecule has 2 N–H and O–H groups in total. The van der Waals surface area contributed by atoms with Crippen LogP contribution in [0.2, 0.25) is 0 Å². The van der Waals surface area contributed by atoms with E-state index in [2.05, 4.69) is 15.3 Å². The highest BCUT2D eigenvalue weighted by Gasteiger charge is 2.27. The maximum atomic E-state index is 10.8. The third kappa shape index (κ3) is 2.71. The van der Waals surface area contributed by atoms with Crippen molar-refractivity contribution >= 4 is 11.8 Å². The van der Waals surface area contributed by atoms with Crippen LogP contribution in [0.5, 0.6) is 0 Å². The van der Waals surface area contributed by atoms with Crippen molar-refractivity contribution in [3.63, 3.8) is 0 Å². The smallest absolute Gasteiger partial charge is 0.356 e.